The van der Waals surface area contributed by atoms with Gasteiger partial charge in [-0.25, -0.2) is 0 Å². The van der Waals surface area contributed by atoms with E-state index in [2.05, 4.69) is 0 Å². The molecule has 128 valence electrons. The van der Waals surface area contributed by atoms with Gasteiger partial charge in [0.15, 0.2) is 11.5 Å². The summed E-state index contributed by atoms with van der Waals surface area (Å²) in [5.41, 5.74) is 0.748. The molecule has 1 amide bonds. The Hall–Kier alpha value is -2.21. The number of ether oxygens (including phenoxy) is 2. The van der Waals surface area contributed by atoms with Crippen LogP contribution in [0.1, 0.15) is 18.4 Å². The quantitative estimate of drug-likeness (QED) is 0.846. The number of carbonyl (C=O) groups is 2. The average molecular weight is 352 g/mol. The van der Waals surface area contributed by atoms with Crippen LogP contribution in [0.25, 0.3) is 6.08 Å². The summed E-state index contributed by atoms with van der Waals surface area (Å²) < 4.78 is 11.0. The number of carboxylic acids is 1. The molecule has 0 spiro atoms. The number of benzene rings is 1. The van der Waals surface area contributed by atoms with Crippen LogP contribution in [-0.2, 0) is 9.59 Å². The average Bonchev–Trinajstić information content (AvgIpc) is 2.60. The van der Waals surface area contributed by atoms with Gasteiger partial charge in [-0.2, -0.15) is 0 Å². The molecule has 1 saturated heterocycles. The number of carbonyl (C=O) groups excluding carboxylic acids is 1. The first-order valence-electron chi connectivity index (χ1n) is 7.83. The predicted octanol–water partition coefficient (Wildman–Crippen LogP) is 2.45. The first-order valence-corrected chi connectivity index (χ1v) is 8.21. The Balaban J connectivity index is 1.64. The van der Waals surface area contributed by atoms with E-state index in [-0.39, 0.29) is 11.8 Å². The number of aliphatic carboxylic acids is 1. The number of rotatable bonds is 3. The number of amides is 1. The van der Waals surface area contributed by atoms with Crippen LogP contribution in [0.5, 0.6) is 11.5 Å². The molecule has 2 aliphatic rings. The molecule has 7 heteroatoms. The lowest BCUT2D eigenvalue weighted by molar-refractivity contribution is -0.144. The van der Waals surface area contributed by atoms with E-state index in [0.29, 0.717) is 55.7 Å². The summed E-state index contributed by atoms with van der Waals surface area (Å²) in [6.07, 6.45) is 4.13. The second kappa shape index (κ2) is 7.13. The van der Waals surface area contributed by atoms with Gasteiger partial charge in [0.05, 0.1) is 10.9 Å². The van der Waals surface area contributed by atoms with Crippen LogP contribution < -0.4 is 9.47 Å². The predicted molar refractivity (Wildman–Crippen MR) is 88.4 cm³/mol. The van der Waals surface area contributed by atoms with Crippen molar-refractivity contribution in [3.05, 3.63) is 28.8 Å². The summed E-state index contributed by atoms with van der Waals surface area (Å²) in [4.78, 5) is 24.8. The minimum Gasteiger partial charge on any atom is -0.486 e. The highest BCUT2D eigenvalue weighted by atomic mass is 35.5. The van der Waals surface area contributed by atoms with Crippen LogP contribution in [0, 0.1) is 5.92 Å². The number of hydrogen-bond acceptors (Lipinski definition) is 4. The van der Waals surface area contributed by atoms with Crippen LogP contribution in [0.2, 0.25) is 5.02 Å². The SMILES string of the molecule is O=C(O)C1CCN(C(=O)C=Cc2cc(Cl)c3c(c2)OCCO3)CC1. The van der Waals surface area contributed by atoms with Gasteiger partial charge in [0.1, 0.15) is 13.2 Å². The highest BCUT2D eigenvalue weighted by Gasteiger charge is 2.26. The molecule has 0 unspecified atom stereocenters. The van der Waals surface area contributed by atoms with Gasteiger partial charge in [0.25, 0.3) is 0 Å². The first kappa shape index (κ1) is 16.6. The maximum absolute atomic E-state index is 12.2. The van der Waals surface area contributed by atoms with Crippen LogP contribution in [0.4, 0.5) is 0 Å². The van der Waals surface area contributed by atoms with Gasteiger partial charge in [-0.15, -0.1) is 0 Å². The molecule has 2 heterocycles. The third-order valence-electron chi connectivity index (χ3n) is 4.19. The lowest BCUT2D eigenvalue weighted by atomic mass is 9.97. The first-order chi connectivity index (χ1) is 11.5. The number of piperidine rings is 1. The summed E-state index contributed by atoms with van der Waals surface area (Å²) in [5.74, 6) is -0.173. The third kappa shape index (κ3) is 3.64. The van der Waals surface area contributed by atoms with E-state index in [9.17, 15) is 9.59 Å². The molecule has 2 aliphatic heterocycles. The maximum atomic E-state index is 12.2. The van der Waals surface area contributed by atoms with Crippen LogP contribution >= 0.6 is 11.6 Å². The minimum absolute atomic E-state index is 0.134. The minimum atomic E-state index is -0.788. The highest BCUT2D eigenvalue weighted by molar-refractivity contribution is 6.32. The summed E-state index contributed by atoms with van der Waals surface area (Å²) in [6.45, 7) is 1.85. The van der Waals surface area contributed by atoms with Crippen molar-refractivity contribution in [1.82, 2.24) is 4.90 Å². The fourth-order valence-corrected chi connectivity index (χ4v) is 3.12. The summed E-state index contributed by atoms with van der Waals surface area (Å²) in [5, 5.41) is 9.43. The summed E-state index contributed by atoms with van der Waals surface area (Å²) >= 11 is 6.17. The topological polar surface area (TPSA) is 76.1 Å². The van der Waals surface area contributed by atoms with Crippen molar-refractivity contribution < 1.29 is 24.2 Å². The van der Waals surface area contributed by atoms with Crippen molar-refractivity contribution in [2.75, 3.05) is 26.3 Å². The molecule has 1 N–H and O–H groups in total. The molecule has 0 bridgehead atoms. The molecule has 0 aromatic heterocycles. The zero-order valence-corrected chi connectivity index (χ0v) is 13.8. The number of likely N-dealkylation sites (tertiary alicyclic amines) is 1. The second-order valence-corrected chi connectivity index (χ2v) is 6.21. The van der Waals surface area contributed by atoms with Crippen LogP contribution in [0.15, 0.2) is 18.2 Å². The lowest BCUT2D eigenvalue weighted by Gasteiger charge is -2.29. The fourth-order valence-electron chi connectivity index (χ4n) is 2.85. The number of fused-ring (bicyclic) bond motifs is 1. The smallest absolute Gasteiger partial charge is 0.306 e. The Morgan fingerprint density at radius 1 is 1.21 bits per heavy atom. The molecule has 6 nitrogen and oxygen atoms in total. The second-order valence-electron chi connectivity index (χ2n) is 5.80. The van der Waals surface area contributed by atoms with E-state index in [0.717, 1.165) is 5.56 Å². The van der Waals surface area contributed by atoms with Crippen molar-refractivity contribution in [2.24, 2.45) is 5.92 Å². The highest BCUT2D eigenvalue weighted by Crippen LogP contribution is 2.38. The van der Waals surface area contributed by atoms with Gasteiger partial charge in [0, 0.05) is 19.2 Å². The Bertz CT molecular complexity index is 680. The monoisotopic (exact) mass is 351 g/mol. The number of halogens is 1. The molecule has 0 saturated carbocycles. The molecule has 3 rings (SSSR count). The van der Waals surface area contributed by atoms with Crippen molar-refractivity contribution >= 4 is 29.6 Å². The fraction of sp³-hybridized carbons (Fsp3) is 0.412. The molecule has 24 heavy (non-hydrogen) atoms. The zero-order chi connectivity index (χ0) is 17.1. The van der Waals surface area contributed by atoms with Crippen LogP contribution in [-0.4, -0.2) is 48.2 Å². The summed E-state index contributed by atoms with van der Waals surface area (Å²) in [7, 11) is 0. The number of nitrogens with zero attached hydrogens (tertiary/aromatic N) is 1. The van der Waals surface area contributed by atoms with Crippen molar-refractivity contribution in [3.63, 3.8) is 0 Å². The van der Waals surface area contributed by atoms with Crippen LogP contribution in [0.3, 0.4) is 0 Å². The molecular weight excluding hydrogens is 334 g/mol. The molecule has 1 fully saturated rings. The van der Waals surface area contributed by atoms with E-state index in [1.165, 1.54) is 6.08 Å². The Labute approximate surface area is 144 Å². The van der Waals surface area contributed by atoms with Gasteiger partial charge in [-0.1, -0.05) is 11.6 Å². The molecule has 1 aromatic rings. The van der Waals surface area contributed by atoms with Gasteiger partial charge < -0.3 is 19.5 Å². The lowest BCUT2D eigenvalue weighted by Crippen LogP contribution is -2.39. The number of hydrogen-bond donors (Lipinski definition) is 1. The third-order valence-corrected chi connectivity index (χ3v) is 4.47. The standard InChI is InChI=1S/C17H18ClNO5/c18-13-9-11(10-14-16(13)24-8-7-23-14)1-2-15(20)19-5-3-12(4-6-19)17(21)22/h1-2,9-10,12H,3-8H2,(H,21,22). The van der Waals surface area contributed by atoms with E-state index in [1.807, 2.05) is 0 Å². The molecule has 1 aromatic carbocycles. The Morgan fingerprint density at radius 2 is 1.92 bits per heavy atom. The van der Waals surface area contributed by atoms with E-state index in [1.54, 1.807) is 23.1 Å². The Kier molecular flexibility index (Phi) is 4.94. The molecule has 0 radical (unpaired) electrons. The largest absolute Gasteiger partial charge is 0.486 e. The van der Waals surface area contributed by atoms with Gasteiger partial charge in [-0.05, 0) is 36.6 Å². The van der Waals surface area contributed by atoms with Gasteiger partial charge >= 0.3 is 5.97 Å². The Morgan fingerprint density at radius 3 is 2.62 bits per heavy atom. The maximum Gasteiger partial charge on any atom is 0.306 e. The molecule has 0 aliphatic carbocycles. The number of carboxylic acid groups (broad SMARTS) is 1. The van der Waals surface area contributed by atoms with Crippen molar-refractivity contribution in [1.29, 1.82) is 0 Å². The molecular formula is C17H18ClNO5. The van der Waals surface area contributed by atoms with Crippen molar-refractivity contribution in [3.8, 4) is 11.5 Å². The normalized spacial score (nSPS) is 18.0. The molecule has 0 atom stereocenters. The van der Waals surface area contributed by atoms with E-state index >= 15 is 0 Å². The summed E-state index contributed by atoms with van der Waals surface area (Å²) in [6, 6.07) is 3.50. The van der Waals surface area contributed by atoms with Gasteiger partial charge in [0.2, 0.25) is 5.91 Å². The van der Waals surface area contributed by atoms with E-state index < -0.39 is 5.97 Å². The zero-order valence-electron chi connectivity index (χ0n) is 13.0. The van der Waals surface area contributed by atoms with Crippen molar-refractivity contribution in [2.45, 2.75) is 12.8 Å². The van der Waals surface area contributed by atoms with Gasteiger partial charge in [-0.3, -0.25) is 9.59 Å². The van der Waals surface area contributed by atoms with E-state index in [4.69, 9.17) is 26.2 Å².